The van der Waals surface area contributed by atoms with Gasteiger partial charge in [0.2, 0.25) is 5.91 Å². The molecule has 0 heterocycles. The predicted molar refractivity (Wildman–Crippen MR) is 131 cm³/mol. The number of aliphatic hydroxyl groups excluding tert-OH is 1. The summed E-state index contributed by atoms with van der Waals surface area (Å²) < 4.78 is 27.1. The van der Waals surface area contributed by atoms with E-state index in [1.54, 1.807) is 24.3 Å². The molecule has 33 heavy (non-hydrogen) atoms. The summed E-state index contributed by atoms with van der Waals surface area (Å²) in [4.78, 5) is 13.0. The van der Waals surface area contributed by atoms with E-state index in [9.17, 15) is 18.3 Å². The van der Waals surface area contributed by atoms with E-state index in [0.29, 0.717) is 29.1 Å². The van der Waals surface area contributed by atoms with Crippen LogP contribution in [0.5, 0.6) is 0 Å². The summed E-state index contributed by atoms with van der Waals surface area (Å²) in [6.45, 7) is 1.82. The monoisotopic (exact) mass is 485 g/mol. The normalized spacial score (nSPS) is 23.1. The maximum Gasteiger partial charge on any atom is 0.227 e. The van der Waals surface area contributed by atoms with Gasteiger partial charge in [0.05, 0.1) is 10.1 Å². The molecule has 1 unspecified atom stereocenters. The number of allylic oxidation sites excluding steroid dienone is 4. The van der Waals surface area contributed by atoms with Gasteiger partial charge in [0.25, 0.3) is 0 Å². The Balaban J connectivity index is 1.64. The fourth-order valence-electron chi connectivity index (χ4n) is 4.64. The molecule has 2 aliphatic carbocycles. The third-order valence-electron chi connectivity index (χ3n) is 6.64. The second-order valence-electron chi connectivity index (χ2n) is 8.88. The zero-order chi connectivity index (χ0) is 23.6. The minimum absolute atomic E-state index is 0.0830. The molecule has 7 heteroatoms. The first-order valence-electron chi connectivity index (χ1n) is 11.2. The summed E-state index contributed by atoms with van der Waals surface area (Å²) in [5.41, 5.74) is 2.13. The lowest BCUT2D eigenvalue weighted by Crippen LogP contribution is -2.28. The van der Waals surface area contributed by atoms with Crippen LogP contribution >= 0.6 is 11.6 Å². The smallest absolute Gasteiger partial charge is 0.227 e. The molecule has 0 fully saturated rings. The van der Waals surface area contributed by atoms with Crippen molar-refractivity contribution in [3.8, 4) is 0 Å². The molecule has 0 bridgehead atoms. The minimum Gasteiger partial charge on any atom is -0.396 e. The van der Waals surface area contributed by atoms with Crippen molar-refractivity contribution in [1.82, 2.24) is 0 Å². The van der Waals surface area contributed by atoms with Crippen LogP contribution in [0.15, 0.2) is 71.7 Å². The lowest BCUT2D eigenvalue weighted by molar-refractivity contribution is -0.120. The number of aliphatic hydroxyl groups is 1. The van der Waals surface area contributed by atoms with Crippen molar-refractivity contribution in [1.29, 1.82) is 0 Å². The molecule has 2 aromatic rings. The van der Waals surface area contributed by atoms with Gasteiger partial charge in [-0.3, -0.25) is 4.79 Å². The molecule has 2 aromatic carbocycles. The van der Waals surface area contributed by atoms with Crippen molar-refractivity contribution in [2.75, 3.05) is 11.9 Å². The van der Waals surface area contributed by atoms with Crippen LogP contribution in [0.25, 0.3) is 0 Å². The molecular formula is C26H28ClNO4S. The Labute approximate surface area is 200 Å². The van der Waals surface area contributed by atoms with Crippen LogP contribution in [0.1, 0.15) is 36.1 Å². The predicted octanol–water partition coefficient (Wildman–Crippen LogP) is 5.12. The molecule has 2 aliphatic rings. The minimum atomic E-state index is -3.74. The highest BCUT2D eigenvalue weighted by Gasteiger charge is 2.37. The second-order valence-corrected chi connectivity index (χ2v) is 11.5. The standard InChI is InChI=1S/C26H28ClNO4S/c1-17(19-6-3-2-4-7-19)26(30)28-22-11-10-20-12-18(16-29)13-25(24(20)15-22)33(31,32)23-9-5-8-21(27)14-23/h2-6,8-11,14-15,17-19,25,29H,7,12-13,16H2,1H3,(H,28,30)/t17-,18+,19-,25?/m0/s1. The van der Waals surface area contributed by atoms with Crippen LogP contribution in [0, 0.1) is 17.8 Å². The van der Waals surface area contributed by atoms with E-state index < -0.39 is 15.1 Å². The van der Waals surface area contributed by atoms with Crippen molar-refractivity contribution >= 4 is 33.0 Å². The Hall–Kier alpha value is -2.41. The van der Waals surface area contributed by atoms with Gasteiger partial charge in [-0.15, -0.1) is 0 Å². The van der Waals surface area contributed by atoms with E-state index in [2.05, 4.69) is 11.4 Å². The van der Waals surface area contributed by atoms with Gasteiger partial charge >= 0.3 is 0 Å². The van der Waals surface area contributed by atoms with Crippen LogP contribution < -0.4 is 5.32 Å². The molecule has 0 aliphatic heterocycles. The van der Waals surface area contributed by atoms with Crippen molar-refractivity contribution in [3.63, 3.8) is 0 Å². The van der Waals surface area contributed by atoms with Gasteiger partial charge in [-0.25, -0.2) is 8.42 Å². The Morgan fingerprint density at radius 1 is 1.21 bits per heavy atom. The van der Waals surface area contributed by atoms with Crippen LogP contribution in [0.3, 0.4) is 0 Å². The van der Waals surface area contributed by atoms with Gasteiger partial charge in [0.1, 0.15) is 0 Å². The van der Waals surface area contributed by atoms with E-state index >= 15 is 0 Å². The first-order chi connectivity index (χ1) is 15.8. The third kappa shape index (κ3) is 5.08. The highest BCUT2D eigenvalue weighted by Crippen LogP contribution is 2.42. The van der Waals surface area contributed by atoms with Crippen molar-refractivity contribution in [3.05, 3.63) is 82.9 Å². The van der Waals surface area contributed by atoms with Crippen molar-refractivity contribution in [2.24, 2.45) is 17.8 Å². The Kier molecular flexibility index (Phi) is 7.07. The number of benzene rings is 2. The number of anilines is 1. The molecular weight excluding hydrogens is 458 g/mol. The zero-order valence-electron chi connectivity index (χ0n) is 18.4. The van der Waals surface area contributed by atoms with E-state index in [4.69, 9.17) is 11.6 Å². The Morgan fingerprint density at radius 2 is 2.03 bits per heavy atom. The first-order valence-corrected chi connectivity index (χ1v) is 13.1. The summed E-state index contributed by atoms with van der Waals surface area (Å²) in [6.07, 6.45) is 9.75. The number of nitrogens with one attached hydrogen (secondary N) is 1. The highest BCUT2D eigenvalue weighted by molar-refractivity contribution is 7.91. The fraction of sp³-hybridized carbons (Fsp3) is 0.346. The number of sulfone groups is 1. The number of carbonyl (C=O) groups excluding carboxylic acids is 1. The topological polar surface area (TPSA) is 83.5 Å². The number of carbonyl (C=O) groups is 1. The Morgan fingerprint density at radius 3 is 2.73 bits per heavy atom. The molecule has 0 aromatic heterocycles. The summed E-state index contributed by atoms with van der Waals surface area (Å²) >= 11 is 6.06. The lowest BCUT2D eigenvalue weighted by atomic mass is 9.83. The maximum atomic E-state index is 13.6. The van der Waals surface area contributed by atoms with E-state index in [1.165, 1.54) is 6.07 Å². The molecule has 5 nitrogen and oxygen atoms in total. The molecule has 174 valence electrons. The van der Waals surface area contributed by atoms with Gasteiger partial charge in [-0.1, -0.05) is 55.0 Å². The summed E-state index contributed by atoms with van der Waals surface area (Å²) in [6, 6.07) is 11.7. The number of fused-ring (bicyclic) bond motifs is 1. The van der Waals surface area contributed by atoms with Crippen molar-refractivity contribution < 1.29 is 18.3 Å². The van der Waals surface area contributed by atoms with Crippen LogP contribution in [0.4, 0.5) is 5.69 Å². The van der Waals surface area contributed by atoms with E-state index in [0.717, 1.165) is 12.0 Å². The lowest BCUT2D eigenvalue weighted by Gasteiger charge is -2.31. The second kappa shape index (κ2) is 9.84. The molecule has 0 saturated carbocycles. The number of hydrogen-bond donors (Lipinski definition) is 2. The van der Waals surface area contributed by atoms with Gasteiger partial charge < -0.3 is 10.4 Å². The molecule has 2 N–H and O–H groups in total. The SMILES string of the molecule is C[C@H](C(=O)Nc1ccc2c(c1)C(S(=O)(=O)c1cccc(Cl)c1)C[C@H](CO)C2)[C@H]1C=CC=CC1. The third-order valence-corrected chi connectivity index (χ3v) is 8.98. The molecule has 4 rings (SSSR count). The first kappa shape index (κ1) is 23.7. The van der Waals surface area contributed by atoms with Gasteiger partial charge in [-0.2, -0.15) is 0 Å². The molecule has 0 saturated heterocycles. The average molecular weight is 486 g/mol. The number of amides is 1. The molecule has 0 radical (unpaired) electrons. The van der Waals surface area contributed by atoms with Crippen LogP contribution in [0.2, 0.25) is 5.02 Å². The van der Waals surface area contributed by atoms with Crippen LogP contribution in [-0.2, 0) is 21.1 Å². The van der Waals surface area contributed by atoms with Gasteiger partial charge in [-0.05, 0) is 72.6 Å². The summed E-state index contributed by atoms with van der Waals surface area (Å²) in [5, 5.41) is 12.3. The Bertz CT molecular complexity index is 1200. The van der Waals surface area contributed by atoms with Gasteiger partial charge in [0, 0.05) is 23.2 Å². The number of hydrogen-bond acceptors (Lipinski definition) is 4. The maximum absolute atomic E-state index is 13.6. The van der Waals surface area contributed by atoms with E-state index in [1.807, 2.05) is 37.3 Å². The molecule has 4 atom stereocenters. The molecule has 1 amide bonds. The van der Waals surface area contributed by atoms with Crippen molar-refractivity contribution in [2.45, 2.75) is 36.3 Å². The highest BCUT2D eigenvalue weighted by atomic mass is 35.5. The molecule has 0 spiro atoms. The quantitative estimate of drug-likeness (QED) is 0.595. The van der Waals surface area contributed by atoms with E-state index in [-0.39, 0.29) is 35.2 Å². The zero-order valence-corrected chi connectivity index (χ0v) is 20.0. The summed E-state index contributed by atoms with van der Waals surface area (Å²) in [7, 11) is -3.74. The average Bonchev–Trinajstić information content (AvgIpc) is 2.83. The number of halogens is 1. The fourth-order valence-corrected chi connectivity index (χ4v) is 6.87. The van der Waals surface area contributed by atoms with Crippen LogP contribution in [-0.4, -0.2) is 26.0 Å². The largest absolute Gasteiger partial charge is 0.396 e. The number of rotatable bonds is 6. The van der Waals surface area contributed by atoms with Gasteiger partial charge in [0.15, 0.2) is 9.84 Å². The summed E-state index contributed by atoms with van der Waals surface area (Å²) in [5.74, 6) is -0.331.